The number of aryl methyl sites for hydroxylation is 1. The van der Waals surface area contributed by atoms with Crippen molar-refractivity contribution in [2.45, 2.75) is 37.6 Å². The molecule has 188 valence electrons. The van der Waals surface area contributed by atoms with Crippen LogP contribution >= 0.6 is 0 Å². The van der Waals surface area contributed by atoms with Crippen LogP contribution in [0.3, 0.4) is 0 Å². The van der Waals surface area contributed by atoms with Gasteiger partial charge in [0.15, 0.2) is 0 Å². The normalized spacial score (nSPS) is 20.0. The Morgan fingerprint density at radius 2 is 1.95 bits per heavy atom. The van der Waals surface area contributed by atoms with Gasteiger partial charge in [-0.3, -0.25) is 14.8 Å². The van der Waals surface area contributed by atoms with Crippen molar-refractivity contribution in [1.29, 1.82) is 0 Å². The number of benzene rings is 1. The first kappa shape index (κ1) is 23.7. The Labute approximate surface area is 216 Å². The number of pyridine rings is 3. The largest absolute Gasteiger partial charge is 0.305 e. The van der Waals surface area contributed by atoms with E-state index in [-0.39, 0.29) is 11.4 Å². The van der Waals surface area contributed by atoms with Gasteiger partial charge in [0.1, 0.15) is 5.82 Å². The maximum Gasteiger partial charge on any atom is 0.251 e. The maximum absolute atomic E-state index is 15.1. The van der Waals surface area contributed by atoms with Crippen molar-refractivity contribution in [2.24, 2.45) is 5.92 Å². The van der Waals surface area contributed by atoms with Crippen LogP contribution in [0.2, 0.25) is 0 Å². The summed E-state index contributed by atoms with van der Waals surface area (Å²) in [5, 5.41) is 1.14. The monoisotopic (exact) mass is 494 g/mol. The SMILES string of the molecule is C=Cc1cccc2ccc(CCC3CCN(C[C@]4(C=C)Cn5c(=O)ccc6ncc(F)c4c65)CC3)nc12. The summed E-state index contributed by atoms with van der Waals surface area (Å²) in [6.45, 7) is 11.0. The van der Waals surface area contributed by atoms with Crippen LogP contribution in [0.1, 0.15) is 36.1 Å². The second kappa shape index (κ2) is 9.34. The van der Waals surface area contributed by atoms with Crippen molar-refractivity contribution in [3.8, 4) is 0 Å². The van der Waals surface area contributed by atoms with Gasteiger partial charge in [-0.15, -0.1) is 6.58 Å². The fourth-order valence-electron chi connectivity index (χ4n) is 6.29. The summed E-state index contributed by atoms with van der Waals surface area (Å²) in [5.41, 5.74) is 4.30. The Balaban J connectivity index is 1.13. The zero-order valence-corrected chi connectivity index (χ0v) is 21.0. The molecule has 1 atom stereocenters. The molecule has 37 heavy (non-hydrogen) atoms. The molecule has 0 spiro atoms. The van der Waals surface area contributed by atoms with Crippen molar-refractivity contribution in [3.05, 3.63) is 101 Å². The molecule has 2 aliphatic heterocycles. The number of hydrogen-bond acceptors (Lipinski definition) is 4. The molecule has 2 aliphatic rings. The lowest BCUT2D eigenvalue weighted by Gasteiger charge is -2.38. The third kappa shape index (κ3) is 4.09. The van der Waals surface area contributed by atoms with Gasteiger partial charge >= 0.3 is 0 Å². The van der Waals surface area contributed by atoms with E-state index < -0.39 is 5.41 Å². The summed E-state index contributed by atoms with van der Waals surface area (Å²) < 4.78 is 16.8. The van der Waals surface area contributed by atoms with Crippen molar-refractivity contribution in [3.63, 3.8) is 0 Å². The molecule has 0 saturated carbocycles. The minimum atomic E-state index is -0.635. The van der Waals surface area contributed by atoms with E-state index >= 15 is 4.39 Å². The summed E-state index contributed by atoms with van der Waals surface area (Å²) >= 11 is 0. The number of rotatable bonds is 7. The van der Waals surface area contributed by atoms with Crippen molar-refractivity contribution >= 4 is 28.0 Å². The Morgan fingerprint density at radius 3 is 2.73 bits per heavy atom. The molecule has 0 aliphatic carbocycles. The molecule has 1 saturated heterocycles. The van der Waals surface area contributed by atoms with Gasteiger partial charge in [0.25, 0.3) is 5.56 Å². The zero-order chi connectivity index (χ0) is 25.6. The van der Waals surface area contributed by atoms with Crippen molar-refractivity contribution in [1.82, 2.24) is 19.4 Å². The van der Waals surface area contributed by atoms with Gasteiger partial charge in [-0.2, -0.15) is 0 Å². The molecule has 0 N–H and O–H groups in total. The van der Waals surface area contributed by atoms with E-state index in [1.54, 1.807) is 10.6 Å². The number of likely N-dealkylation sites (tertiary alicyclic amines) is 1. The lowest BCUT2D eigenvalue weighted by atomic mass is 9.80. The second-order valence-electron chi connectivity index (χ2n) is 10.5. The highest BCUT2D eigenvalue weighted by Crippen LogP contribution is 2.41. The Kier molecular flexibility index (Phi) is 6.00. The second-order valence-corrected chi connectivity index (χ2v) is 10.5. The smallest absolute Gasteiger partial charge is 0.251 e. The summed E-state index contributed by atoms with van der Waals surface area (Å²) in [5.74, 6) is 0.275. The molecule has 5 nitrogen and oxygen atoms in total. The number of piperidine rings is 1. The Bertz CT molecular complexity index is 1580. The lowest BCUT2D eigenvalue weighted by molar-refractivity contribution is 0.151. The van der Waals surface area contributed by atoms with Crippen molar-refractivity contribution < 1.29 is 4.39 Å². The fourth-order valence-corrected chi connectivity index (χ4v) is 6.29. The molecule has 3 aromatic heterocycles. The molecule has 0 bridgehead atoms. The van der Waals surface area contributed by atoms with Crippen LogP contribution in [0.5, 0.6) is 0 Å². The van der Waals surface area contributed by atoms with Crippen LogP contribution in [0, 0.1) is 11.7 Å². The van der Waals surface area contributed by atoms with Gasteiger partial charge in [-0.1, -0.05) is 43.0 Å². The topological polar surface area (TPSA) is 51.0 Å². The lowest BCUT2D eigenvalue weighted by Crippen LogP contribution is -2.44. The summed E-state index contributed by atoms with van der Waals surface area (Å²) in [6.07, 6.45) is 9.25. The van der Waals surface area contributed by atoms with E-state index in [1.807, 2.05) is 18.2 Å². The summed E-state index contributed by atoms with van der Waals surface area (Å²) in [6, 6.07) is 13.7. The molecular formula is C31H31FN4O. The average molecular weight is 495 g/mol. The third-order valence-corrected chi connectivity index (χ3v) is 8.33. The quantitative estimate of drug-likeness (QED) is 0.318. The van der Waals surface area contributed by atoms with Crippen LogP contribution in [0.15, 0.2) is 72.7 Å². The van der Waals surface area contributed by atoms with Crippen LogP contribution in [-0.2, 0) is 18.4 Å². The van der Waals surface area contributed by atoms with E-state index in [9.17, 15) is 4.79 Å². The highest BCUT2D eigenvalue weighted by atomic mass is 19.1. The molecule has 1 fully saturated rings. The van der Waals surface area contributed by atoms with Gasteiger partial charge in [0, 0.05) is 46.8 Å². The summed E-state index contributed by atoms with van der Waals surface area (Å²) in [7, 11) is 0. The number of fused-ring (bicyclic) bond motifs is 1. The van der Waals surface area contributed by atoms with Gasteiger partial charge in [0.2, 0.25) is 0 Å². The fraction of sp³-hybridized carbons (Fsp3) is 0.323. The molecule has 1 aromatic carbocycles. The molecule has 4 aromatic rings. The minimum absolute atomic E-state index is 0.119. The standard InChI is InChI=1S/C31H31FN4O/c1-3-22-6-5-7-23-9-11-24(34-29(22)23)10-8-21-14-16-35(17-15-21)19-31(4-2)20-36-27(37)13-12-26-30(36)28(31)25(32)18-33-26/h3-7,9,11-13,18,21H,1-2,8,10,14-17,19-20H2/t31-/m1/s1. The zero-order valence-electron chi connectivity index (χ0n) is 21.0. The Morgan fingerprint density at radius 1 is 1.11 bits per heavy atom. The molecule has 0 amide bonds. The molecule has 0 radical (unpaired) electrons. The van der Waals surface area contributed by atoms with Crippen molar-refractivity contribution in [2.75, 3.05) is 19.6 Å². The maximum atomic E-state index is 15.1. The number of para-hydroxylation sites is 1. The number of nitrogens with zero attached hydrogens (tertiary/aromatic N) is 4. The summed E-state index contributed by atoms with van der Waals surface area (Å²) in [4.78, 5) is 24.2. The third-order valence-electron chi connectivity index (χ3n) is 8.33. The van der Waals surface area contributed by atoms with Gasteiger partial charge in [-0.05, 0) is 56.8 Å². The van der Waals surface area contributed by atoms with Crippen LogP contribution in [-0.4, -0.2) is 39.1 Å². The number of hydrogen-bond donors (Lipinski definition) is 0. The number of halogens is 1. The molecular weight excluding hydrogens is 463 g/mol. The van der Waals surface area contributed by atoms with E-state index in [0.29, 0.717) is 35.6 Å². The predicted molar refractivity (Wildman–Crippen MR) is 147 cm³/mol. The van der Waals surface area contributed by atoms with E-state index in [1.165, 1.54) is 12.3 Å². The van der Waals surface area contributed by atoms with E-state index in [0.717, 1.165) is 60.9 Å². The molecule has 5 heterocycles. The number of aromatic nitrogens is 3. The minimum Gasteiger partial charge on any atom is -0.305 e. The van der Waals surface area contributed by atoms with Gasteiger partial charge < -0.3 is 9.47 Å². The highest BCUT2D eigenvalue weighted by molar-refractivity contribution is 5.87. The Hall–Kier alpha value is -3.64. The van der Waals surface area contributed by atoms with Crippen LogP contribution in [0.25, 0.3) is 28.0 Å². The first-order valence-corrected chi connectivity index (χ1v) is 13.1. The highest BCUT2D eigenvalue weighted by Gasteiger charge is 2.42. The van der Waals surface area contributed by atoms with Gasteiger partial charge in [-0.25, -0.2) is 4.39 Å². The van der Waals surface area contributed by atoms with Crippen LogP contribution in [0.4, 0.5) is 4.39 Å². The molecule has 6 heteroatoms. The molecule has 0 unspecified atom stereocenters. The first-order chi connectivity index (χ1) is 18.0. The predicted octanol–water partition coefficient (Wildman–Crippen LogP) is 5.51. The van der Waals surface area contributed by atoms with Gasteiger partial charge in [0.05, 0.1) is 22.7 Å². The van der Waals surface area contributed by atoms with Crippen LogP contribution < -0.4 is 5.56 Å². The average Bonchev–Trinajstić information content (AvgIpc) is 3.28. The first-order valence-electron chi connectivity index (χ1n) is 13.1. The molecule has 6 rings (SSSR count). The van der Waals surface area contributed by atoms with E-state index in [4.69, 9.17) is 4.98 Å². The van der Waals surface area contributed by atoms with E-state index in [2.05, 4.69) is 47.3 Å².